The van der Waals surface area contributed by atoms with E-state index in [9.17, 15) is 4.79 Å². The number of rotatable bonds is 6. The molecule has 0 aliphatic heterocycles. The average molecular weight is 261 g/mol. The van der Waals surface area contributed by atoms with Crippen LogP contribution >= 0.6 is 0 Å². The lowest BCUT2D eigenvalue weighted by Gasteiger charge is -2.14. The molecule has 0 aliphatic rings. The number of benzene rings is 1. The molecule has 1 unspecified atom stereocenters. The topological polar surface area (TPSA) is 88.1 Å². The third-order valence-corrected chi connectivity index (χ3v) is 2.99. The summed E-state index contributed by atoms with van der Waals surface area (Å²) in [5.41, 5.74) is 6.64. The van der Waals surface area contributed by atoms with E-state index in [1.807, 2.05) is 13.0 Å². The summed E-state index contributed by atoms with van der Waals surface area (Å²) in [5.74, 6) is 0.567. The van der Waals surface area contributed by atoms with Crippen LogP contribution in [0.5, 0.6) is 5.75 Å². The number of anilines is 1. The summed E-state index contributed by atoms with van der Waals surface area (Å²) in [6, 6.07) is 6.92. The van der Waals surface area contributed by atoms with Crippen molar-refractivity contribution in [2.75, 3.05) is 19.0 Å². The maximum atomic E-state index is 11.9. The summed E-state index contributed by atoms with van der Waals surface area (Å²) < 4.78 is 5.16. The first kappa shape index (κ1) is 15.0. The Morgan fingerprint density at radius 2 is 2.32 bits per heavy atom. The second kappa shape index (κ2) is 7.39. The van der Waals surface area contributed by atoms with Gasteiger partial charge < -0.3 is 15.8 Å². The van der Waals surface area contributed by atoms with Crippen LogP contribution in [0.25, 0.3) is 0 Å². The molecule has 0 radical (unpaired) electrons. The lowest BCUT2D eigenvalue weighted by Crippen LogP contribution is -2.21. The Balaban J connectivity index is 2.76. The SMILES string of the molecule is CCC(CN)CC(=O)Nc1ccc(C#N)cc1OC. The second-order valence-corrected chi connectivity index (χ2v) is 4.29. The molecule has 0 aliphatic carbocycles. The predicted molar refractivity (Wildman–Crippen MR) is 73.8 cm³/mol. The van der Waals surface area contributed by atoms with Crippen molar-refractivity contribution >= 4 is 11.6 Å². The van der Waals surface area contributed by atoms with Gasteiger partial charge in [-0.25, -0.2) is 0 Å². The van der Waals surface area contributed by atoms with Gasteiger partial charge in [-0.15, -0.1) is 0 Å². The number of nitrogens with two attached hydrogens (primary N) is 1. The highest BCUT2D eigenvalue weighted by Crippen LogP contribution is 2.25. The molecule has 0 spiro atoms. The number of methoxy groups -OCH3 is 1. The van der Waals surface area contributed by atoms with Crippen molar-refractivity contribution in [3.05, 3.63) is 23.8 Å². The van der Waals surface area contributed by atoms with Gasteiger partial charge in [-0.3, -0.25) is 4.79 Å². The van der Waals surface area contributed by atoms with E-state index in [-0.39, 0.29) is 11.8 Å². The first-order chi connectivity index (χ1) is 9.14. The maximum absolute atomic E-state index is 11.9. The van der Waals surface area contributed by atoms with E-state index >= 15 is 0 Å². The Hall–Kier alpha value is -2.06. The first-order valence-electron chi connectivity index (χ1n) is 6.22. The Labute approximate surface area is 113 Å². The number of carbonyl (C=O) groups is 1. The smallest absolute Gasteiger partial charge is 0.224 e. The fourth-order valence-electron chi connectivity index (χ4n) is 1.72. The maximum Gasteiger partial charge on any atom is 0.224 e. The van der Waals surface area contributed by atoms with Crippen LogP contribution in [0.3, 0.4) is 0 Å². The van der Waals surface area contributed by atoms with E-state index in [1.54, 1.807) is 18.2 Å². The number of hydrogen-bond donors (Lipinski definition) is 2. The monoisotopic (exact) mass is 261 g/mol. The normalized spacial score (nSPS) is 11.5. The molecule has 0 saturated carbocycles. The van der Waals surface area contributed by atoms with Crippen LogP contribution < -0.4 is 15.8 Å². The van der Waals surface area contributed by atoms with Crippen LogP contribution in [0.1, 0.15) is 25.3 Å². The lowest BCUT2D eigenvalue weighted by atomic mass is 10.0. The molecule has 0 fully saturated rings. The van der Waals surface area contributed by atoms with Crippen LogP contribution in [-0.4, -0.2) is 19.6 Å². The summed E-state index contributed by atoms with van der Waals surface area (Å²) in [5, 5.41) is 11.6. The third-order valence-electron chi connectivity index (χ3n) is 2.99. The zero-order valence-electron chi connectivity index (χ0n) is 11.3. The van der Waals surface area contributed by atoms with E-state index in [4.69, 9.17) is 15.7 Å². The van der Waals surface area contributed by atoms with Crippen molar-refractivity contribution in [2.24, 2.45) is 11.7 Å². The van der Waals surface area contributed by atoms with Crippen molar-refractivity contribution in [2.45, 2.75) is 19.8 Å². The predicted octanol–water partition coefficient (Wildman–Crippen LogP) is 1.88. The van der Waals surface area contributed by atoms with Crippen LogP contribution in [0.2, 0.25) is 0 Å². The molecule has 1 aromatic carbocycles. The molecule has 3 N–H and O–H groups in total. The Morgan fingerprint density at radius 3 is 2.84 bits per heavy atom. The van der Waals surface area contributed by atoms with Gasteiger partial charge in [-0.1, -0.05) is 13.3 Å². The van der Waals surface area contributed by atoms with Gasteiger partial charge in [0.25, 0.3) is 0 Å². The second-order valence-electron chi connectivity index (χ2n) is 4.29. The zero-order chi connectivity index (χ0) is 14.3. The first-order valence-corrected chi connectivity index (χ1v) is 6.22. The lowest BCUT2D eigenvalue weighted by molar-refractivity contribution is -0.117. The molecular formula is C14H19N3O2. The van der Waals surface area contributed by atoms with Crippen molar-refractivity contribution in [1.82, 2.24) is 0 Å². The number of nitrogens with zero attached hydrogens (tertiary/aromatic N) is 1. The van der Waals surface area contributed by atoms with Gasteiger partial charge in [-0.2, -0.15) is 5.26 Å². The number of nitriles is 1. The molecule has 1 atom stereocenters. The molecule has 102 valence electrons. The molecule has 1 rings (SSSR count). The van der Waals surface area contributed by atoms with Crippen LogP contribution in [0, 0.1) is 17.2 Å². The minimum Gasteiger partial charge on any atom is -0.495 e. The summed E-state index contributed by atoms with van der Waals surface area (Å²) in [6.45, 7) is 2.50. The highest BCUT2D eigenvalue weighted by molar-refractivity contribution is 5.92. The zero-order valence-corrected chi connectivity index (χ0v) is 11.3. The van der Waals surface area contributed by atoms with Crippen molar-refractivity contribution in [1.29, 1.82) is 5.26 Å². The van der Waals surface area contributed by atoms with E-state index < -0.39 is 0 Å². The largest absolute Gasteiger partial charge is 0.495 e. The minimum atomic E-state index is -0.0969. The number of hydrogen-bond acceptors (Lipinski definition) is 4. The molecule has 0 bridgehead atoms. The molecule has 0 aromatic heterocycles. The Morgan fingerprint density at radius 1 is 1.58 bits per heavy atom. The van der Waals surface area contributed by atoms with E-state index in [0.717, 1.165) is 6.42 Å². The Bertz CT molecular complexity index is 476. The molecular weight excluding hydrogens is 242 g/mol. The fraction of sp³-hybridized carbons (Fsp3) is 0.429. The molecule has 0 saturated heterocycles. The fourth-order valence-corrected chi connectivity index (χ4v) is 1.72. The van der Waals surface area contributed by atoms with Crippen molar-refractivity contribution < 1.29 is 9.53 Å². The van der Waals surface area contributed by atoms with Crippen LogP contribution in [0.4, 0.5) is 5.69 Å². The van der Waals surface area contributed by atoms with Gasteiger partial charge in [0.2, 0.25) is 5.91 Å². The molecule has 5 nitrogen and oxygen atoms in total. The quantitative estimate of drug-likeness (QED) is 0.818. The van der Waals surface area contributed by atoms with Gasteiger partial charge >= 0.3 is 0 Å². The van der Waals surface area contributed by atoms with Crippen LogP contribution in [0.15, 0.2) is 18.2 Å². The highest BCUT2D eigenvalue weighted by atomic mass is 16.5. The van der Waals surface area contributed by atoms with Gasteiger partial charge in [-0.05, 0) is 24.6 Å². The van der Waals surface area contributed by atoms with Gasteiger partial charge in [0.1, 0.15) is 5.75 Å². The number of nitrogens with one attached hydrogen (secondary N) is 1. The Kier molecular flexibility index (Phi) is 5.83. The van der Waals surface area contributed by atoms with Gasteiger partial charge in [0.15, 0.2) is 0 Å². The van der Waals surface area contributed by atoms with Crippen molar-refractivity contribution in [3.63, 3.8) is 0 Å². The van der Waals surface area contributed by atoms with E-state index in [1.165, 1.54) is 7.11 Å². The van der Waals surface area contributed by atoms with Crippen molar-refractivity contribution in [3.8, 4) is 11.8 Å². The number of ether oxygens (including phenoxy) is 1. The average Bonchev–Trinajstić information content (AvgIpc) is 2.45. The molecule has 1 amide bonds. The third kappa shape index (κ3) is 4.27. The molecule has 0 heterocycles. The summed E-state index contributed by atoms with van der Waals surface area (Å²) >= 11 is 0. The van der Waals surface area contributed by atoms with E-state index in [0.29, 0.717) is 30.0 Å². The molecule has 5 heteroatoms. The van der Waals surface area contributed by atoms with Crippen LogP contribution in [-0.2, 0) is 4.79 Å². The highest BCUT2D eigenvalue weighted by Gasteiger charge is 2.13. The van der Waals surface area contributed by atoms with E-state index in [2.05, 4.69) is 5.32 Å². The molecule has 1 aromatic rings. The number of amides is 1. The standard InChI is InChI=1S/C14H19N3O2/c1-3-10(8-15)7-14(18)17-12-5-4-11(9-16)6-13(12)19-2/h4-6,10H,3,7-8,15H2,1-2H3,(H,17,18). The van der Waals surface area contributed by atoms with Gasteiger partial charge in [0, 0.05) is 12.5 Å². The van der Waals surface area contributed by atoms with Gasteiger partial charge in [0.05, 0.1) is 24.4 Å². The summed E-state index contributed by atoms with van der Waals surface area (Å²) in [4.78, 5) is 11.9. The molecule has 19 heavy (non-hydrogen) atoms. The minimum absolute atomic E-state index is 0.0969. The summed E-state index contributed by atoms with van der Waals surface area (Å²) in [6.07, 6.45) is 1.25. The number of carbonyl (C=O) groups excluding carboxylic acids is 1. The summed E-state index contributed by atoms with van der Waals surface area (Å²) in [7, 11) is 1.50.